The molecule has 0 bridgehead atoms. The van der Waals surface area contributed by atoms with E-state index in [0.717, 1.165) is 0 Å². The number of nitrogens with one attached hydrogen (secondary N) is 1. The van der Waals surface area contributed by atoms with Gasteiger partial charge in [0, 0.05) is 10.6 Å². The molecule has 2 aromatic carbocycles. The van der Waals surface area contributed by atoms with Crippen LogP contribution in [-0.2, 0) is 4.79 Å². The standard InChI is InChI=1S/C18H21ClN2O2/c1-12(14-7-5-4-6-8-14)20-13(2)18(22)21-16-11-15(19)9-10-17(16)23-3/h4-13,20H,1-3H3,(H,21,22)/p+1/t12-,13+/m1/s1. The van der Waals surface area contributed by atoms with E-state index in [-0.39, 0.29) is 18.0 Å². The summed E-state index contributed by atoms with van der Waals surface area (Å²) in [4.78, 5) is 12.4. The molecule has 0 unspecified atom stereocenters. The van der Waals surface area contributed by atoms with Gasteiger partial charge in [-0.2, -0.15) is 0 Å². The zero-order chi connectivity index (χ0) is 16.8. The smallest absolute Gasteiger partial charge is 0.282 e. The van der Waals surface area contributed by atoms with E-state index in [9.17, 15) is 4.79 Å². The number of carbonyl (C=O) groups is 1. The first-order valence-electron chi connectivity index (χ1n) is 7.55. The van der Waals surface area contributed by atoms with Crippen molar-refractivity contribution in [2.45, 2.75) is 25.9 Å². The molecule has 2 aromatic rings. The first kappa shape index (κ1) is 17.3. The fourth-order valence-electron chi connectivity index (χ4n) is 2.41. The van der Waals surface area contributed by atoms with E-state index in [4.69, 9.17) is 16.3 Å². The van der Waals surface area contributed by atoms with Crippen molar-refractivity contribution >= 4 is 23.2 Å². The molecule has 1 amide bonds. The number of nitrogens with two attached hydrogens (primary N) is 1. The number of methoxy groups -OCH3 is 1. The summed E-state index contributed by atoms with van der Waals surface area (Å²) in [5, 5.41) is 5.46. The summed E-state index contributed by atoms with van der Waals surface area (Å²) in [6.07, 6.45) is 0. The van der Waals surface area contributed by atoms with Crippen LogP contribution in [0.5, 0.6) is 5.75 Å². The molecular weight excluding hydrogens is 312 g/mol. The van der Waals surface area contributed by atoms with Crippen molar-refractivity contribution in [3.8, 4) is 5.75 Å². The van der Waals surface area contributed by atoms with Crippen molar-refractivity contribution < 1.29 is 14.8 Å². The van der Waals surface area contributed by atoms with Gasteiger partial charge in [-0.05, 0) is 32.0 Å². The van der Waals surface area contributed by atoms with E-state index in [1.807, 2.05) is 30.4 Å². The Bertz CT molecular complexity index is 661. The van der Waals surface area contributed by atoms with E-state index in [2.05, 4.69) is 24.4 Å². The molecule has 5 heteroatoms. The molecular formula is C18H22ClN2O2+. The predicted molar refractivity (Wildman–Crippen MR) is 92.9 cm³/mol. The van der Waals surface area contributed by atoms with Crippen LogP contribution in [0.25, 0.3) is 0 Å². The highest BCUT2D eigenvalue weighted by molar-refractivity contribution is 6.31. The number of carbonyl (C=O) groups excluding carboxylic acids is 1. The van der Waals surface area contributed by atoms with E-state index >= 15 is 0 Å². The third kappa shape index (κ3) is 4.71. The van der Waals surface area contributed by atoms with Gasteiger partial charge < -0.3 is 15.4 Å². The lowest BCUT2D eigenvalue weighted by molar-refractivity contribution is -0.709. The molecule has 2 rings (SSSR count). The Morgan fingerprint density at radius 1 is 1.17 bits per heavy atom. The minimum atomic E-state index is -0.242. The second-order valence-corrected chi connectivity index (χ2v) is 5.95. The minimum absolute atomic E-state index is 0.0895. The number of anilines is 1. The SMILES string of the molecule is COc1ccc(Cl)cc1NC(=O)[C@H](C)[NH2+][C@H](C)c1ccccc1. The maximum absolute atomic E-state index is 12.4. The van der Waals surface area contributed by atoms with Crippen molar-refractivity contribution in [1.29, 1.82) is 0 Å². The summed E-state index contributed by atoms with van der Waals surface area (Å²) < 4.78 is 5.25. The summed E-state index contributed by atoms with van der Waals surface area (Å²) in [6.45, 7) is 3.96. The van der Waals surface area contributed by atoms with Gasteiger partial charge in [-0.1, -0.05) is 41.9 Å². The Morgan fingerprint density at radius 3 is 2.52 bits per heavy atom. The largest absolute Gasteiger partial charge is 0.495 e. The van der Waals surface area contributed by atoms with Crippen LogP contribution in [0.2, 0.25) is 5.02 Å². The van der Waals surface area contributed by atoms with Gasteiger partial charge in [0.1, 0.15) is 11.8 Å². The molecule has 0 heterocycles. The zero-order valence-corrected chi connectivity index (χ0v) is 14.3. The lowest BCUT2D eigenvalue weighted by atomic mass is 10.1. The number of amides is 1. The average molecular weight is 334 g/mol. The summed E-state index contributed by atoms with van der Waals surface area (Å²) in [7, 11) is 1.56. The molecule has 0 aromatic heterocycles. The van der Waals surface area contributed by atoms with Crippen LogP contribution >= 0.6 is 11.6 Å². The van der Waals surface area contributed by atoms with Crippen molar-refractivity contribution in [2.75, 3.05) is 12.4 Å². The Labute approximate surface area is 141 Å². The molecule has 0 aliphatic rings. The molecule has 0 saturated carbocycles. The van der Waals surface area contributed by atoms with Gasteiger partial charge in [0.05, 0.1) is 12.8 Å². The summed E-state index contributed by atoms with van der Waals surface area (Å²) >= 11 is 5.99. The maximum Gasteiger partial charge on any atom is 0.282 e. The van der Waals surface area contributed by atoms with E-state index < -0.39 is 0 Å². The Morgan fingerprint density at radius 2 is 1.87 bits per heavy atom. The van der Waals surface area contributed by atoms with Crippen molar-refractivity contribution in [1.82, 2.24) is 0 Å². The molecule has 0 saturated heterocycles. The second-order valence-electron chi connectivity index (χ2n) is 5.51. The highest BCUT2D eigenvalue weighted by Gasteiger charge is 2.21. The summed E-state index contributed by atoms with van der Waals surface area (Å²) in [5.74, 6) is 0.499. The van der Waals surface area contributed by atoms with Crippen LogP contribution in [-0.4, -0.2) is 19.1 Å². The third-order valence-electron chi connectivity index (χ3n) is 3.74. The number of benzene rings is 2. The van der Waals surface area contributed by atoms with E-state index in [1.165, 1.54) is 5.56 Å². The van der Waals surface area contributed by atoms with Gasteiger partial charge in [-0.15, -0.1) is 0 Å². The van der Waals surface area contributed by atoms with Gasteiger partial charge in [0.2, 0.25) is 0 Å². The molecule has 3 N–H and O–H groups in total. The first-order valence-corrected chi connectivity index (χ1v) is 7.93. The third-order valence-corrected chi connectivity index (χ3v) is 3.97. The lowest BCUT2D eigenvalue weighted by Crippen LogP contribution is -2.91. The number of hydrogen-bond donors (Lipinski definition) is 2. The molecule has 0 spiro atoms. The Hall–Kier alpha value is -2.04. The Balaban J connectivity index is 2.02. The number of hydrogen-bond acceptors (Lipinski definition) is 2. The number of ether oxygens (including phenoxy) is 1. The second kappa shape index (κ2) is 7.99. The molecule has 23 heavy (non-hydrogen) atoms. The van der Waals surface area contributed by atoms with Crippen molar-refractivity contribution in [3.63, 3.8) is 0 Å². The van der Waals surface area contributed by atoms with Gasteiger partial charge in [0.15, 0.2) is 6.04 Å². The van der Waals surface area contributed by atoms with Crippen molar-refractivity contribution in [3.05, 3.63) is 59.1 Å². The molecule has 0 radical (unpaired) electrons. The molecule has 4 nitrogen and oxygen atoms in total. The predicted octanol–water partition coefficient (Wildman–Crippen LogP) is 3.00. The normalized spacial score (nSPS) is 13.2. The Kier molecular flexibility index (Phi) is 6.02. The minimum Gasteiger partial charge on any atom is -0.495 e. The molecule has 122 valence electrons. The van der Waals surface area contributed by atoms with Crippen LogP contribution in [0.1, 0.15) is 25.5 Å². The van der Waals surface area contributed by atoms with E-state index in [1.54, 1.807) is 25.3 Å². The maximum atomic E-state index is 12.4. The zero-order valence-electron chi connectivity index (χ0n) is 13.5. The summed E-state index contributed by atoms with van der Waals surface area (Å²) in [5.41, 5.74) is 1.77. The highest BCUT2D eigenvalue weighted by atomic mass is 35.5. The van der Waals surface area contributed by atoms with Crippen LogP contribution in [0.3, 0.4) is 0 Å². The van der Waals surface area contributed by atoms with Crippen molar-refractivity contribution in [2.24, 2.45) is 0 Å². The number of rotatable bonds is 6. The van der Waals surface area contributed by atoms with Gasteiger partial charge in [0.25, 0.3) is 5.91 Å². The van der Waals surface area contributed by atoms with Gasteiger partial charge in [-0.3, -0.25) is 4.79 Å². The van der Waals surface area contributed by atoms with Crippen LogP contribution in [0.4, 0.5) is 5.69 Å². The lowest BCUT2D eigenvalue weighted by Gasteiger charge is -2.17. The molecule has 0 aliphatic heterocycles. The number of halogens is 1. The van der Waals surface area contributed by atoms with Gasteiger partial charge in [-0.25, -0.2) is 0 Å². The summed E-state index contributed by atoms with van der Waals surface area (Å²) in [6, 6.07) is 15.2. The van der Waals surface area contributed by atoms with Crippen LogP contribution in [0.15, 0.2) is 48.5 Å². The topological polar surface area (TPSA) is 54.9 Å². The highest BCUT2D eigenvalue weighted by Crippen LogP contribution is 2.27. The first-order chi connectivity index (χ1) is 11.0. The molecule has 2 atom stereocenters. The monoisotopic (exact) mass is 333 g/mol. The van der Waals surface area contributed by atoms with Crippen LogP contribution in [0, 0.1) is 0 Å². The van der Waals surface area contributed by atoms with Gasteiger partial charge >= 0.3 is 0 Å². The van der Waals surface area contributed by atoms with Crippen LogP contribution < -0.4 is 15.4 Å². The van der Waals surface area contributed by atoms with E-state index in [0.29, 0.717) is 16.5 Å². The quantitative estimate of drug-likeness (QED) is 0.853. The fraction of sp³-hybridized carbons (Fsp3) is 0.278. The number of quaternary nitrogens is 1. The molecule has 0 fully saturated rings. The fourth-order valence-corrected chi connectivity index (χ4v) is 2.58. The average Bonchev–Trinajstić information content (AvgIpc) is 2.55. The molecule has 0 aliphatic carbocycles.